The Balaban J connectivity index is 1.56. The molecule has 0 saturated carbocycles. The molecule has 0 spiro atoms. The van der Waals surface area contributed by atoms with Crippen LogP contribution in [-0.4, -0.2) is 25.6 Å². The summed E-state index contributed by atoms with van der Waals surface area (Å²) in [6, 6.07) is 14.0. The fourth-order valence-corrected chi connectivity index (χ4v) is 4.23. The van der Waals surface area contributed by atoms with Crippen LogP contribution in [0.2, 0.25) is 0 Å². The van der Waals surface area contributed by atoms with Crippen LogP contribution in [0.25, 0.3) is 22.2 Å². The highest BCUT2D eigenvalue weighted by Gasteiger charge is 2.19. The number of para-hydroxylation sites is 1. The molecular formula is C20H16N2O4S2. The van der Waals surface area contributed by atoms with Crippen molar-refractivity contribution < 1.29 is 17.6 Å². The molecule has 0 saturated heterocycles. The lowest BCUT2D eigenvalue weighted by molar-refractivity contribution is 0.0998. The van der Waals surface area contributed by atoms with Crippen LogP contribution in [0.1, 0.15) is 16.1 Å². The van der Waals surface area contributed by atoms with Crippen LogP contribution in [0.5, 0.6) is 0 Å². The van der Waals surface area contributed by atoms with Gasteiger partial charge >= 0.3 is 0 Å². The number of rotatable bonds is 4. The first-order chi connectivity index (χ1) is 13.3. The van der Waals surface area contributed by atoms with Crippen molar-refractivity contribution in [2.24, 2.45) is 0 Å². The number of aromatic nitrogens is 1. The van der Waals surface area contributed by atoms with E-state index in [-0.39, 0.29) is 16.6 Å². The Bertz CT molecular complexity index is 1290. The van der Waals surface area contributed by atoms with Crippen LogP contribution in [0, 0.1) is 6.92 Å². The third kappa shape index (κ3) is 3.44. The zero-order chi connectivity index (χ0) is 19.9. The van der Waals surface area contributed by atoms with Crippen molar-refractivity contribution in [1.29, 1.82) is 0 Å². The second kappa shape index (κ2) is 6.88. The summed E-state index contributed by atoms with van der Waals surface area (Å²) < 4.78 is 28.8. The third-order valence-corrected chi connectivity index (χ3v) is 6.24. The molecule has 0 fully saturated rings. The van der Waals surface area contributed by atoms with E-state index < -0.39 is 9.84 Å². The SMILES string of the molecule is Cc1c(C(=O)Nc2nc(-c3ccc(S(C)(=O)=O)cc3)cs2)oc2ccccc12. The zero-order valence-corrected chi connectivity index (χ0v) is 16.7. The van der Waals surface area contributed by atoms with Gasteiger partial charge in [-0.25, -0.2) is 13.4 Å². The van der Waals surface area contributed by atoms with Gasteiger partial charge < -0.3 is 4.42 Å². The van der Waals surface area contributed by atoms with Gasteiger partial charge in [0.15, 0.2) is 20.7 Å². The third-order valence-electron chi connectivity index (χ3n) is 4.35. The number of hydrogen-bond donors (Lipinski definition) is 1. The van der Waals surface area contributed by atoms with Crippen LogP contribution in [0.3, 0.4) is 0 Å². The van der Waals surface area contributed by atoms with Gasteiger partial charge in [0.1, 0.15) is 5.58 Å². The molecule has 142 valence electrons. The largest absolute Gasteiger partial charge is 0.451 e. The van der Waals surface area contributed by atoms with E-state index in [1.165, 1.54) is 17.6 Å². The topological polar surface area (TPSA) is 89.3 Å². The summed E-state index contributed by atoms with van der Waals surface area (Å²) in [7, 11) is -3.24. The minimum atomic E-state index is -3.24. The summed E-state index contributed by atoms with van der Waals surface area (Å²) in [6.07, 6.45) is 1.17. The predicted octanol–water partition coefficient (Wildman–Crippen LogP) is 4.52. The molecule has 1 amide bonds. The molecule has 0 aliphatic carbocycles. The number of nitrogens with zero attached hydrogens (tertiary/aromatic N) is 1. The molecule has 0 radical (unpaired) electrons. The fraction of sp³-hybridized carbons (Fsp3) is 0.100. The maximum absolute atomic E-state index is 12.6. The van der Waals surface area contributed by atoms with Crippen molar-refractivity contribution in [1.82, 2.24) is 4.98 Å². The summed E-state index contributed by atoms with van der Waals surface area (Å²) in [5.41, 5.74) is 2.86. The number of carbonyl (C=O) groups is 1. The minimum Gasteiger partial charge on any atom is -0.451 e. The van der Waals surface area contributed by atoms with Crippen molar-refractivity contribution in [2.75, 3.05) is 11.6 Å². The molecule has 0 unspecified atom stereocenters. The number of aryl methyl sites for hydroxylation is 1. The van der Waals surface area contributed by atoms with Crippen molar-refractivity contribution in [2.45, 2.75) is 11.8 Å². The molecule has 2 heterocycles. The first kappa shape index (κ1) is 18.4. The molecule has 0 aliphatic rings. The molecule has 0 aliphatic heterocycles. The Labute approximate surface area is 165 Å². The second-order valence-corrected chi connectivity index (χ2v) is 9.21. The van der Waals surface area contributed by atoms with Gasteiger partial charge in [-0.2, -0.15) is 0 Å². The van der Waals surface area contributed by atoms with Gasteiger partial charge in [0.05, 0.1) is 10.6 Å². The number of anilines is 1. The van der Waals surface area contributed by atoms with Crippen LogP contribution >= 0.6 is 11.3 Å². The van der Waals surface area contributed by atoms with Crippen molar-refractivity contribution >= 4 is 43.2 Å². The van der Waals surface area contributed by atoms with Crippen LogP contribution in [-0.2, 0) is 9.84 Å². The van der Waals surface area contributed by atoms with Crippen molar-refractivity contribution in [3.05, 3.63) is 65.2 Å². The number of furan rings is 1. The summed E-state index contributed by atoms with van der Waals surface area (Å²) in [4.78, 5) is 17.3. The molecule has 0 atom stereocenters. The summed E-state index contributed by atoms with van der Waals surface area (Å²) >= 11 is 1.29. The fourth-order valence-electron chi connectivity index (χ4n) is 2.88. The Kier molecular flexibility index (Phi) is 4.52. The molecule has 4 rings (SSSR count). The molecule has 0 bridgehead atoms. The standard InChI is InChI=1S/C20H16N2O4S2/c1-12-15-5-3-4-6-17(15)26-18(12)19(23)22-20-21-16(11-27-20)13-7-9-14(10-8-13)28(2,24)25/h3-11H,1-2H3,(H,21,22,23). The highest BCUT2D eigenvalue weighted by Crippen LogP contribution is 2.28. The van der Waals surface area contributed by atoms with Gasteiger partial charge in [-0.15, -0.1) is 11.3 Å². The minimum absolute atomic E-state index is 0.250. The average Bonchev–Trinajstić information content (AvgIpc) is 3.26. The lowest BCUT2D eigenvalue weighted by Gasteiger charge is -2.01. The molecule has 8 heteroatoms. The second-order valence-electron chi connectivity index (χ2n) is 6.34. The van der Waals surface area contributed by atoms with Crippen molar-refractivity contribution in [3.63, 3.8) is 0 Å². The van der Waals surface area contributed by atoms with Gasteiger partial charge in [0.25, 0.3) is 5.91 Å². The zero-order valence-electron chi connectivity index (χ0n) is 15.1. The van der Waals surface area contributed by atoms with Gasteiger partial charge in [0.2, 0.25) is 0 Å². The number of amides is 1. The quantitative estimate of drug-likeness (QED) is 0.532. The number of benzene rings is 2. The van der Waals surface area contributed by atoms with Crippen LogP contribution in [0.15, 0.2) is 63.2 Å². The van der Waals surface area contributed by atoms with Gasteiger partial charge in [-0.3, -0.25) is 10.1 Å². The molecular weight excluding hydrogens is 396 g/mol. The maximum atomic E-state index is 12.6. The van der Waals surface area contributed by atoms with E-state index in [0.29, 0.717) is 16.4 Å². The van der Waals surface area contributed by atoms with Crippen LogP contribution in [0.4, 0.5) is 5.13 Å². The van der Waals surface area contributed by atoms with E-state index in [1.807, 2.05) is 31.2 Å². The summed E-state index contributed by atoms with van der Waals surface area (Å²) in [5, 5.41) is 5.91. The number of nitrogens with one attached hydrogen (secondary N) is 1. The highest BCUT2D eigenvalue weighted by atomic mass is 32.2. The monoisotopic (exact) mass is 412 g/mol. The number of thiazole rings is 1. The Hall–Kier alpha value is -2.97. The molecule has 28 heavy (non-hydrogen) atoms. The van der Waals surface area contributed by atoms with Gasteiger partial charge in [-0.05, 0) is 25.1 Å². The number of carbonyl (C=O) groups excluding carboxylic acids is 1. The smallest absolute Gasteiger partial charge is 0.293 e. The molecule has 4 aromatic rings. The number of sulfone groups is 1. The summed E-state index contributed by atoms with van der Waals surface area (Å²) in [5.74, 6) is -0.0996. The molecule has 1 N–H and O–H groups in total. The number of hydrogen-bond acceptors (Lipinski definition) is 6. The highest BCUT2D eigenvalue weighted by molar-refractivity contribution is 7.90. The van der Waals surface area contributed by atoms with E-state index >= 15 is 0 Å². The maximum Gasteiger partial charge on any atom is 0.293 e. The van der Waals surface area contributed by atoms with E-state index in [2.05, 4.69) is 10.3 Å². The molecule has 2 aromatic carbocycles. The van der Waals surface area contributed by atoms with Crippen molar-refractivity contribution in [3.8, 4) is 11.3 Å². The molecule has 2 aromatic heterocycles. The Morgan fingerprint density at radius 2 is 1.82 bits per heavy atom. The van der Waals surface area contributed by atoms with E-state index in [9.17, 15) is 13.2 Å². The van der Waals surface area contributed by atoms with E-state index in [4.69, 9.17) is 4.42 Å². The summed E-state index contributed by atoms with van der Waals surface area (Å²) in [6.45, 7) is 1.84. The van der Waals surface area contributed by atoms with E-state index in [1.54, 1.807) is 29.6 Å². The predicted molar refractivity (Wildman–Crippen MR) is 110 cm³/mol. The van der Waals surface area contributed by atoms with Gasteiger partial charge in [0, 0.05) is 28.1 Å². The number of fused-ring (bicyclic) bond motifs is 1. The first-order valence-electron chi connectivity index (χ1n) is 8.38. The van der Waals surface area contributed by atoms with E-state index in [0.717, 1.165) is 16.5 Å². The van der Waals surface area contributed by atoms with Gasteiger partial charge in [-0.1, -0.05) is 30.3 Å². The Morgan fingerprint density at radius 1 is 1.11 bits per heavy atom. The molecule has 6 nitrogen and oxygen atoms in total. The first-order valence-corrected chi connectivity index (χ1v) is 11.2. The lowest BCUT2D eigenvalue weighted by atomic mass is 10.1. The lowest BCUT2D eigenvalue weighted by Crippen LogP contribution is -2.11. The Morgan fingerprint density at radius 3 is 2.50 bits per heavy atom. The van der Waals surface area contributed by atoms with Crippen LogP contribution < -0.4 is 5.32 Å². The normalized spacial score (nSPS) is 11.6. The average molecular weight is 412 g/mol.